The number of piperazine rings is 1. The Bertz CT molecular complexity index is 2070. The molecule has 0 spiro atoms. The number of carbonyl (C=O) groups is 1. The van der Waals surface area contributed by atoms with Gasteiger partial charge in [-0.05, 0) is 126 Å². The van der Waals surface area contributed by atoms with Crippen LogP contribution in [0, 0.1) is 0 Å². The van der Waals surface area contributed by atoms with Gasteiger partial charge in [0, 0.05) is 123 Å². The third-order valence-corrected chi connectivity index (χ3v) is 12.3. The van der Waals surface area contributed by atoms with Gasteiger partial charge in [0.25, 0.3) is 0 Å². The molecule has 61 heavy (non-hydrogen) atoms. The van der Waals surface area contributed by atoms with E-state index in [0.717, 1.165) is 99.9 Å². The van der Waals surface area contributed by atoms with Crippen LogP contribution in [0.5, 0.6) is 11.5 Å². The van der Waals surface area contributed by atoms with Crippen LogP contribution >= 0.6 is 0 Å². The molecule has 0 aromatic heterocycles. The minimum atomic E-state index is -1.30. The van der Waals surface area contributed by atoms with Gasteiger partial charge in [-0.1, -0.05) is 18.2 Å². The van der Waals surface area contributed by atoms with Crippen LogP contribution in [0.1, 0.15) is 57.2 Å². The van der Waals surface area contributed by atoms with E-state index in [1.54, 1.807) is 12.2 Å². The molecule has 4 heterocycles. The van der Waals surface area contributed by atoms with Crippen molar-refractivity contribution in [2.75, 3.05) is 101 Å². The van der Waals surface area contributed by atoms with Crippen molar-refractivity contribution in [1.82, 2.24) is 20.0 Å². The maximum Gasteiger partial charge on any atom is 2.00 e. The molecule has 0 saturated carbocycles. The van der Waals surface area contributed by atoms with Gasteiger partial charge in [0.1, 0.15) is 11.5 Å². The number of aliphatic carboxylic acids is 1. The monoisotopic (exact) mass is 891 g/mol. The minimum absolute atomic E-state index is 0. The normalized spacial score (nSPS) is 20.5. The number of fused-ring (bicyclic) bond motifs is 13. The molecule has 0 atom stereocenters. The standard InChI is InChI=1S/C48H62N8O3S.Cu/c1-5-55(6-2)38-16-19-41-44(32-38)59-45-33-39(56(7-3)8-4)17-20-42(45)46(41)40-18-15-37(31-43(40)47(57)58)51-48(60)50-36-13-11-35(12-14-36)34-54-25-10-24-53-29-27-52(28-30-53)23-9-21-49-22-26-54;/h11-20,31-33,49H,5-10,21-30,34H2,1-4H3,(H,50,60)(H,57,58);/q;+2/p-2/b51-37-;. The second-order valence-electron chi connectivity index (χ2n) is 15.8. The quantitative estimate of drug-likeness (QED) is 0.0883. The van der Waals surface area contributed by atoms with Crippen molar-refractivity contribution in [3.8, 4) is 11.5 Å². The van der Waals surface area contributed by atoms with Crippen LogP contribution in [0.2, 0.25) is 0 Å². The van der Waals surface area contributed by atoms with Crippen molar-refractivity contribution >= 4 is 52.1 Å². The summed E-state index contributed by atoms with van der Waals surface area (Å²) in [4.78, 5) is 34.4. The first-order valence-corrected chi connectivity index (χ1v) is 22.3. The summed E-state index contributed by atoms with van der Waals surface area (Å²) < 4.78 is 6.62. The van der Waals surface area contributed by atoms with Gasteiger partial charge >= 0.3 is 17.1 Å². The van der Waals surface area contributed by atoms with Gasteiger partial charge in [0.05, 0.1) is 17.4 Å². The van der Waals surface area contributed by atoms with E-state index in [4.69, 9.17) is 17.4 Å². The molecule has 0 unspecified atom stereocenters. The van der Waals surface area contributed by atoms with Crippen LogP contribution in [-0.2, 0) is 41.0 Å². The Morgan fingerprint density at radius 3 is 1.92 bits per heavy atom. The maximum atomic E-state index is 12.9. The molecule has 11 nitrogen and oxygen atoms in total. The fourth-order valence-electron chi connectivity index (χ4n) is 8.71. The first-order valence-electron chi connectivity index (χ1n) is 21.9. The number of nitrogens with one attached hydrogen (secondary N) is 1. The van der Waals surface area contributed by atoms with Gasteiger partial charge in [-0.25, -0.2) is 0 Å². The number of carbonyl (C=O) groups excluding carboxylic acids is 1. The van der Waals surface area contributed by atoms with Crippen LogP contribution in [0.25, 0.3) is 5.57 Å². The third kappa shape index (κ3) is 11.6. The predicted molar refractivity (Wildman–Crippen MR) is 247 cm³/mol. The summed E-state index contributed by atoms with van der Waals surface area (Å²) in [6, 6.07) is 20.4. The van der Waals surface area contributed by atoms with Crippen LogP contribution in [0.3, 0.4) is 0 Å². The van der Waals surface area contributed by atoms with Gasteiger partial charge in [-0.15, -0.1) is 0 Å². The Hall–Kier alpha value is -4.33. The number of ether oxygens (including phenoxy) is 1. The molecular formula is C48H60CuN8O3S. The Labute approximate surface area is 378 Å². The SMILES string of the molecule is CCN(CC)c1ccc2c(c1)Oc1cc(N(CC)CC)ccc1C2=C1C=C/C(=N/C([S-])=Nc2ccc(CN3CCCN4CCN(CCCNCC3)CC4)cc2)C=C1C(=O)[O-].[Cu+2]. The van der Waals surface area contributed by atoms with Crippen LogP contribution in [0.4, 0.5) is 17.1 Å². The number of benzene rings is 3. The number of allylic oxidation sites excluding steroid dienone is 3. The smallest absolute Gasteiger partial charge is 0.740 e. The molecule has 327 valence electrons. The first-order chi connectivity index (χ1) is 29.3. The summed E-state index contributed by atoms with van der Waals surface area (Å²) in [7, 11) is 0. The van der Waals surface area contributed by atoms with Gasteiger partial charge in [0.2, 0.25) is 0 Å². The van der Waals surface area contributed by atoms with Crippen molar-refractivity contribution in [1.29, 1.82) is 0 Å². The van der Waals surface area contributed by atoms with Crippen molar-refractivity contribution in [2.24, 2.45) is 9.98 Å². The summed E-state index contributed by atoms with van der Waals surface area (Å²) >= 11 is 5.62. The maximum absolute atomic E-state index is 12.9. The third-order valence-electron chi connectivity index (χ3n) is 12.1. The molecule has 2 bridgehead atoms. The van der Waals surface area contributed by atoms with Crippen molar-refractivity contribution in [2.45, 2.75) is 47.1 Å². The molecule has 5 aliphatic rings. The van der Waals surface area contributed by atoms with E-state index in [1.165, 1.54) is 50.8 Å². The van der Waals surface area contributed by atoms with E-state index in [-0.39, 0.29) is 27.8 Å². The average Bonchev–Trinajstić information content (AvgIpc) is 3.25. The summed E-state index contributed by atoms with van der Waals surface area (Å²) in [6.07, 6.45) is 7.47. The summed E-state index contributed by atoms with van der Waals surface area (Å²) in [5.41, 5.74) is 7.31. The van der Waals surface area contributed by atoms with Crippen molar-refractivity contribution in [3.05, 3.63) is 107 Å². The van der Waals surface area contributed by atoms with Gasteiger partial charge < -0.3 is 52.2 Å². The first kappa shape index (κ1) is 46.2. The molecule has 3 aromatic rings. The minimum Gasteiger partial charge on any atom is -0.740 e. The molecule has 13 heteroatoms. The van der Waals surface area contributed by atoms with E-state index in [2.05, 4.69) is 91.8 Å². The molecule has 1 radical (unpaired) electrons. The number of rotatable bonds is 10. The molecule has 3 aromatic carbocycles. The Morgan fingerprint density at radius 2 is 1.34 bits per heavy atom. The topological polar surface area (TPSA) is 102 Å². The zero-order valence-electron chi connectivity index (χ0n) is 36.1. The van der Waals surface area contributed by atoms with Gasteiger partial charge in [-0.3, -0.25) is 14.9 Å². The molecule has 3 saturated heterocycles. The van der Waals surface area contributed by atoms with E-state index < -0.39 is 5.97 Å². The molecule has 1 N–H and O–H groups in total. The van der Waals surface area contributed by atoms with Crippen molar-refractivity contribution in [3.63, 3.8) is 0 Å². The predicted octanol–water partition coefficient (Wildman–Crippen LogP) is 6.01. The number of aliphatic imine (C=N–C) groups is 2. The van der Waals surface area contributed by atoms with Crippen LogP contribution in [0.15, 0.2) is 100 Å². The summed E-state index contributed by atoms with van der Waals surface area (Å²) in [5.74, 6) is 0.0449. The molecular weight excluding hydrogens is 832 g/mol. The average molecular weight is 893 g/mol. The number of hydrogen-bond acceptors (Lipinski definition) is 11. The Morgan fingerprint density at radius 1 is 0.754 bits per heavy atom. The van der Waals surface area contributed by atoms with E-state index in [0.29, 0.717) is 28.5 Å². The largest absolute Gasteiger partial charge is 2.00 e. The van der Waals surface area contributed by atoms with E-state index >= 15 is 0 Å². The Kier molecular flexibility index (Phi) is 16.8. The number of carboxylic acids is 1. The molecule has 3 fully saturated rings. The van der Waals surface area contributed by atoms with E-state index in [1.807, 2.05) is 36.4 Å². The van der Waals surface area contributed by atoms with Crippen molar-refractivity contribution < 1.29 is 31.7 Å². The summed E-state index contributed by atoms with van der Waals surface area (Å²) in [5, 5.41) is 16.7. The number of nitrogens with zero attached hydrogens (tertiary/aromatic N) is 7. The number of anilines is 2. The number of carboxylic acid groups (broad SMARTS) is 1. The Balaban J connectivity index is 0.00000622. The van der Waals surface area contributed by atoms with E-state index in [9.17, 15) is 9.90 Å². The zero-order chi connectivity index (χ0) is 42.0. The van der Waals surface area contributed by atoms with Crippen LogP contribution < -0.4 is 25.0 Å². The molecule has 4 aliphatic heterocycles. The van der Waals surface area contributed by atoms with Gasteiger partial charge in [-0.2, -0.15) is 0 Å². The fourth-order valence-corrected chi connectivity index (χ4v) is 8.92. The number of amidine groups is 1. The zero-order valence-corrected chi connectivity index (χ0v) is 37.8. The molecule has 1 aliphatic carbocycles. The fraction of sp³-hybridized carbons (Fsp3) is 0.438. The second-order valence-corrected chi connectivity index (χ2v) is 16.2. The van der Waals surface area contributed by atoms with Gasteiger partial charge in [0.15, 0.2) is 0 Å². The summed E-state index contributed by atoms with van der Waals surface area (Å²) in [6.45, 7) is 23.9. The molecule has 8 rings (SSSR count). The molecule has 0 amide bonds. The number of hydrogen-bond donors (Lipinski definition) is 1. The second kappa shape index (κ2) is 22.2. The van der Waals surface area contributed by atoms with Crippen LogP contribution in [-0.4, -0.2) is 123 Å².